The summed E-state index contributed by atoms with van der Waals surface area (Å²) in [5.74, 6) is 0.144. The van der Waals surface area contributed by atoms with Crippen LogP contribution < -0.4 is 9.47 Å². The smallest absolute Gasteiger partial charge is 0.271 e. The summed E-state index contributed by atoms with van der Waals surface area (Å²) in [5, 5.41) is 9.40. The summed E-state index contributed by atoms with van der Waals surface area (Å²) in [7, 11) is 0. The van der Waals surface area contributed by atoms with Crippen LogP contribution >= 0.6 is 0 Å². The van der Waals surface area contributed by atoms with Crippen LogP contribution in [-0.2, 0) is 9.59 Å². The summed E-state index contributed by atoms with van der Waals surface area (Å²) in [4.78, 5) is 26.5. The highest BCUT2D eigenvalue weighted by molar-refractivity contribution is 6.19. The van der Waals surface area contributed by atoms with Gasteiger partial charge in [0.15, 0.2) is 11.5 Å². The average Bonchev–Trinajstić information content (AvgIpc) is 2.65. The first-order valence-electron chi connectivity index (χ1n) is 9.07. The van der Waals surface area contributed by atoms with Crippen LogP contribution in [0.5, 0.6) is 11.5 Å². The third kappa shape index (κ3) is 4.15. The summed E-state index contributed by atoms with van der Waals surface area (Å²) in [6.07, 6.45) is 3.30. The number of amides is 2. The summed E-state index contributed by atoms with van der Waals surface area (Å²) in [5.41, 5.74) is 1.37. The lowest BCUT2D eigenvalue weighted by molar-refractivity contribution is -0.142. The van der Waals surface area contributed by atoms with Gasteiger partial charge in [-0.2, -0.15) is 5.26 Å². The van der Waals surface area contributed by atoms with Crippen molar-refractivity contribution in [1.82, 2.24) is 4.90 Å². The molecule has 0 aliphatic carbocycles. The molecule has 6 heteroatoms. The van der Waals surface area contributed by atoms with E-state index in [0.717, 1.165) is 4.90 Å². The molecule has 146 valence electrons. The van der Waals surface area contributed by atoms with Crippen molar-refractivity contribution in [2.75, 3.05) is 13.2 Å². The molecule has 0 fully saturated rings. The van der Waals surface area contributed by atoms with Gasteiger partial charge in [-0.05, 0) is 57.0 Å². The molecule has 1 aromatic carbocycles. The van der Waals surface area contributed by atoms with E-state index in [4.69, 9.17) is 9.47 Å². The number of carbonyl (C=O) groups excluding carboxylic acids is 2. The van der Waals surface area contributed by atoms with Gasteiger partial charge in [-0.3, -0.25) is 14.5 Å². The molecular formula is C22H24N2O4. The average molecular weight is 380 g/mol. The third-order valence-electron chi connectivity index (χ3n) is 4.22. The van der Waals surface area contributed by atoms with E-state index < -0.39 is 11.8 Å². The molecule has 0 saturated carbocycles. The molecule has 1 aliphatic heterocycles. The molecule has 0 spiro atoms. The Morgan fingerprint density at radius 2 is 1.93 bits per heavy atom. The van der Waals surface area contributed by atoms with E-state index in [-0.39, 0.29) is 11.6 Å². The third-order valence-corrected chi connectivity index (χ3v) is 4.22. The number of benzene rings is 1. The largest absolute Gasteiger partial charge is 0.490 e. The topological polar surface area (TPSA) is 79.6 Å². The van der Waals surface area contributed by atoms with Crippen molar-refractivity contribution in [3.05, 3.63) is 53.1 Å². The Morgan fingerprint density at radius 3 is 2.50 bits per heavy atom. The molecule has 0 bridgehead atoms. The van der Waals surface area contributed by atoms with E-state index in [9.17, 15) is 14.9 Å². The Labute approximate surface area is 165 Å². The molecule has 1 aromatic rings. The molecule has 0 saturated heterocycles. The molecule has 0 N–H and O–H groups in total. The van der Waals surface area contributed by atoms with Gasteiger partial charge in [0, 0.05) is 11.6 Å². The van der Waals surface area contributed by atoms with Crippen molar-refractivity contribution < 1.29 is 19.1 Å². The van der Waals surface area contributed by atoms with E-state index in [1.807, 2.05) is 13.0 Å². The molecular weight excluding hydrogens is 356 g/mol. The van der Waals surface area contributed by atoms with E-state index in [1.165, 1.54) is 0 Å². The van der Waals surface area contributed by atoms with E-state index in [1.54, 1.807) is 51.1 Å². The van der Waals surface area contributed by atoms with Crippen LogP contribution in [0.3, 0.4) is 0 Å². The summed E-state index contributed by atoms with van der Waals surface area (Å²) in [6, 6.07) is 6.88. The van der Waals surface area contributed by atoms with E-state index in [0.29, 0.717) is 41.4 Å². The number of imide groups is 1. The van der Waals surface area contributed by atoms with Gasteiger partial charge in [0.05, 0.1) is 6.61 Å². The summed E-state index contributed by atoms with van der Waals surface area (Å²) >= 11 is 0. The Hall–Kier alpha value is -3.33. The lowest BCUT2D eigenvalue weighted by Gasteiger charge is -2.30. The van der Waals surface area contributed by atoms with Gasteiger partial charge >= 0.3 is 0 Å². The zero-order valence-electron chi connectivity index (χ0n) is 16.6. The SMILES string of the molecule is C=CCOc1ccc(/C=C2/C(=O)N(C(C)C)C(=O)C(C#N)=C2C)cc1OCC. The minimum absolute atomic E-state index is 0.0180. The monoisotopic (exact) mass is 380 g/mol. The predicted octanol–water partition coefficient (Wildman–Crippen LogP) is 3.65. The summed E-state index contributed by atoms with van der Waals surface area (Å²) < 4.78 is 11.2. The molecule has 0 aromatic heterocycles. The minimum atomic E-state index is -0.555. The van der Waals surface area contributed by atoms with Gasteiger partial charge in [0.1, 0.15) is 18.2 Å². The lowest BCUT2D eigenvalue weighted by Crippen LogP contribution is -2.46. The van der Waals surface area contributed by atoms with Gasteiger partial charge in [-0.25, -0.2) is 0 Å². The Morgan fingerprint density at radius 1 is 1.21 bits per heavy atom. The van der Waals surface area contributed by atoms with Crippen LogP contribution in [0.4, 0.5) is 0 Å². The first-order valence-corrected chi connectivity index (χ1v) is 9.07. The van der Waals surface area contributed by atoms with Gasteiger partial charge in [0.2, 0.25) is 0 Å². The number of hydrogen-bond acceptors (Lipinski definition) is 5. The summed E-state index contributed by atoms with van der Waals surface area (Å²) in [6.45, 7) is 11.4. The fourth-order valence-corrected chi connectivity index (χ4v) is 2.89. The van der Waals surface area contributed by atoms with Crippen LogP contribution in [-0.4, -0.2) is 36.0 Å². The van der Waals surface area contributed by atoms with Crippen molar-refractivity contribution in [2.45, 2.75) is 33.7 Å². The maximum absolute atomic E-state index is 12.9. The number of carbonyl (C=O) groups is 2. The van der Waals surface area contributed by atoms with Crippen molar-refractivity contribution in [3.63, 3.8) is 0 Å². The fraction of sp³-hybridized carbons (Fsp3) is 0.318. The van der Waals surface area contributed by atoms with Crippen molar-refractivity contribution in [1.29, 1.82) is 5.26 Å². The Kier molecular flexibility index (Phi) is 6.78. The van der Waals surface area contributed by atoms with Gasteiger partial charge < -0.3 is 9.47 Å². The lowest BCUT2D eigenvalue weighted by atomic mass is 9.93. The standard InChI is InChI=1S/C22H24N2O4/c1-6-10-28-19-9-8-16(12-20(19)27-7-2)11-17-15(5)18(13-23)22(26)24(14(3)4)21(17)25/h6,8-9,11-12,14H,1,7,10H2,2-5H3/b17-11+. The minimum Gasteiger partial charge on any atom is -0.490 e. The van der Waals surface area contributed by atoms with Crippen LogP contribution in [0.1, 0.15) is 33.3 Å². The normalized spacial score (nSPS) is 15.9. The zero-order chi connectivity index (χ0) is 20.8. The highest BCUT2D eigenvalue weighted by atomic mass is 16.5. The second-order valence-electron chi connectivity index (χ2n) is 6.48. The quantitative estimate of drug-likeness (QED) is 0.410. The Bertz CT molecular complexity index is 904. The maximum Gasteiger partial charge on any atom is 0.271 e. The number of hydrogen-bond donors (Lipinski definition) is 0. The maximum atomic E-state index is 12.9. The van der Waals surface area contributed by atoms with E-state index >= 15 is 0 Å². The molecule has 2 amide bonds. The fourth-order valence-electron chi connectivity index (χ4n) is 2.89. The molecule has 1 heterocycles. The van der Waals surface area contributed by atoms with Crippen molar-refractivity contribution >= 4 is 17.9 Å². The van der Waals surface area contributed by atoms with Crippen LogP contribution in [0.2, 0.25) is 0 Å². The van der Waals surface area contributed by atoms with Crippen molar-refractivity contribution in [3.8, 4) is 17.6 Å². The van der Waals surface area contributed by atoms with Crippen LogP contribution in [0.15, 0.2) is 47.6 Å². The second-order valence-corrected chi connectivity index (χ2v) is 6.48. The molecule has 6 nitrogen and oxygen atoms in total. The number of rotatable bonds is 7. The van der Waals surface area contributed by atoms with Crippen LogP contribution in [0, 0.1) is 11.3 Å². The molecule has 28 heavy (non-hydrogen) atoms. The first-order chi connectivity index (χ1) is 13.3. The number of nitriles is 1. The van der Waals surface area contributed by atoms with Gasteiger partial charge in [0.25, 0.3) is 11.8 Å². The second kappa shape index (κ2) is 9.05. The molecule has 0 unspecified atom stereocenters. The molecule has 0 radical (unpaired) electrons. The molecule has 2 rings (SSSR count). The highest BCUT2D eigenvalue weighted by Crippen LogP contribution is 2.32. The molecule has 0 atom stereocenters. The highest BCUT2D eigenvalue weighted by Gasteiger charge is 2.36. The van der Waals surface area contributed by atoms with Gasteiger partial charge in [-0.1, -0.05) is 18.7 Å². The number of nitrogens with zero attached hydrogens (tertiary/aromatic N) is 2. The van der Waals surface area contributed by atoms with Gasteiger partial charge in [-0.15, -0.1) is 0 Å². The van der Waals surface area contributed by atoms with Crippen LogP contribution in [0.25, 0.3) is 6.08 Å². The van der Waals surface area contributed by atoms with E-state index in [2.05, 4.69) is 6.58 Å². The number of ether oxygens (including phenoxy) is 2. The predicted molar refractivity (Wildman–Crippen MR) is 107 cm³/mol. The molecule has 1 aliphatic rings. The Balaban J connectivity index is 2.55. The zero-order valence-corrected chi connectivity index (χ0v) is 16.6. The van der Waals surface area contributed by atoms with Crippen molar-refractivity contribution in [2.24, 2.45) is 0 Å². The first kappa shape index (κ1) is 21.0.